The predicted molar refractivity (Wildman–Crippen MR) is 157 cm³/mol. The molecule has 0 saturated heterocycles. The zero-order valence-corrected chi connectivity index (χ0v) is 22.1. The molecule has 0 amide bonds. The van der Waals surface area contributed by atoms with Gasteiger partial charge in [-0.2, -0.15) is 0 Å². The summed E-state index contributed by atoms with van der Waals surface area (Å²) < 4.78 is 0. The number of anilines is 1. The summed E-state index contributed by atoms with van der Waals surface area (Å²) in [5.74, 6) is 0. The maximum atomic E-state index is 11.7. The number of H-pyrrole nitrogens is 2. The summed E-state index contributed by atoms with van der Waals surface area (Å²) in [7, 11) is 4.24. The maximum absolute atomic E-state index is 11.7. The van der Waals surface area contributed by atoms with Crippen LogP contribution in [0.3, 0.4) is 0 Å². The molecule has 0 unspecified atom stereocenters. The average molecular weight is 513 g/mol. The van der Waals surface area contributed by atoms with Gasteiger partial charge in [-0.25, -0.2) is 4.79 Å². The van der Waals surface area contributed by atoms with Gasteiger partial charge in [-0.05, 0) is 72.6 Å². The molecule has 0 atom stereocenters. The number of fused-ring (bicyclic) bond motifs is 1. The van der Waals surface area contributed by atoms with Crippen LogP contribution in [-0.4, -0.2) is 42.1 Å². The van der Waals surface area contributed by atoms with Crippen molar-refractivity contribution in [2.24, 2.45) is 0 Å². The van der Waals surface area contributed by atoms with E-state index in [4.69, 9.17) is 0 Å². The van der Waals surface area contributed by atoms with Crippen LogP contribution in [0.4, 0.5) is 5.69 Å². The van der Waals surface area contributed by atoms with Crippen LogP contribution in [0.2, 0.25) is 0 Å². The first-order valence-corrected chi connectivity index (χ1v) is 12.4. The fourth-order valence-electron chi connectivity index (χ4n) is 4.67. The van der Waals surface area contributed by atoms with E-state index in [1.807, 2.05) is 12.1 Å². The average Bonchev–Trinajstić information content (AvgIpc) is 3.27. The molecule has 6 heteroatoms. The number of para-hydroxylation sites is 1. The number of rotatable bonds is 9. The Morgan fingerprint density at radius 2 is 1.38 bits per heavy atom. The van der Waals surface area contributed by atoms with Gasteiger partial charge in [-0.1, -0.05) is 72.8 Å². The van der Waals surface area contributed by atoms with E-state index < -0.39 is 0 Å². The molecule has 0 bridgehead atoms. The van der Waals surface area contributed by atoms with Crippen molar-refractivity contribution in [2.75, 3.05) is 32.1 Å². The van der Waals surface area contributed by atoms with Gasteiger partial charge in [0, 0.05) is 25.3 Å². The van der Waals surface area contributed by atoms with E-state index in [-0.39, 0.29) is 18.1 Å². The van der Waals surface area contributed by atoms with Crippen molar-refractivity contribution < 1.29 is 0 Å². The van der Waals surface area contributed by atoms with Gasteiger partial charge in [0.05, 0.1) is 11.0 Å². The number of nitrogens with one attached hydrogen (secondary N) is 2. The summed E-state index contributed by atoms with van der Waals surface area (Å²) in [5, 5.41) is 0. The third-order valence-electron chi connectivity index (χ3n) is 6.54. The van der Waals surface area contributed by atoms with Gasteiger partial charge < -0.3 is 19.8 Å². The molecule has 0 aliphatic heterocycles. The van der Waals surface area contributed by atoms with E-state index >= 15 is 0 Å². The number of benzene rings is 4. The van der Waals surface area contributed by atoms with Crippen LogP contribution in [0.25, 0.3) is 22.2 Å². The van der Waals surface area contributed by atoms with Gasteiger partial charge in [0.1, 0.15) is 0 Å². The van der Waals surface area contributed by atoms with Crippen LogP contribution in [0.5, 0.6) is 0 Å². The Hall–Kier alpha value is -3.80. The van der Waals surface area contributed by atoms with Crippen LogP contribution < -0.4 is 10.6 Å². The fraction of sp³-hybridized carbons (Fsp3) is 0.194. The third-order valence-corrected chi connectivity index (χ3v) is 6.54. The summed E-state index contributed by atoms with van der Waals surface area (Å²) in [6.45, 7) is 2.72. The first kappa shape index (κ1) is 26.3. The lowest BCUT2D eigenvalue weighted by Gasteiger charge is -2.29. The summed E-state index contributed by atoms with van der Waals surface area (Å²) in [5.41, 5.74) is 8.88. The van der Waals surface area contributed by atoms with Crippen molar-refractivity contribution in [3.8, 4) is 11.1 Å². The van der Waals surface area contributed by atoms with E-state index in [2.05, 4.69) is 119 Å². The van der Waals surface area contributed by atoms with Gasteiger partial charge in [0.2, 0.25) is 0 Å². The largest absolute Gasteiger partial charge is 0.366 e. The molecule has 0 aliphatic carbocycles. The second-order valence-corrected chi connectivity index (χ2v) is 9.56. The minimum Gasteiger partial charge on any atom is -0.366 e. The van der Waals surface area contributed by atoms with Crippen LogP contribution in [0, 0.1) is 0 Å². The van der Waals surface area contributed by atoms with Crippen molar-refractivity contribution in [1.82, 2.24) is 14.9 Å². The zero-order chi connectivity index (χ0) is 24.9. The van der Waals surface area contributed by atoms with Gasteiger partial charge in [-0.15, -0.1) is 12.4 Å². The Morgan fingerprint density at radius 3 is 2.19 bits per heavy atom. The highest BCUT2D eigenvalue weighted by atomic mass is 35.5. The number of likely N-dealkylation sites (N-methyl/N-ethyl adjacent to an activating group) is 1. The van der Waals surface area contributed by atoms with Crippen LogP contribution >= 0.6 is 12.4 Å². The minimum absolute atomic E-state index is 0. The van der Waals surface area contributed by atoms with Crippen LogP contribution in [0.1, 0.15) is 16.7 Å². The zero-order valence-electron chi connectivity index (χ0n) is 21.3. The molecule has 0 aliphatic rings. The first-order chi connectivity index (χ1) is 17.5. The number of aromatic nitrogens is 2. The van der Waals surface area contributed by atoms with Crippen LogP contribution in [0.15, 0.2) is 102 Å². The van der Waals surface area contributed by atoms with Crippen molar-refractivity contribution in [2.45, 2.75) is 13.0 Å². The molecular weight excluding hydrogens is 480 g/mol. The first-order valence-electron chi connectivity index (χ1n) is 12.4. The van der Waals surface area contributed by atoms with Crippen molar-refractivity contribution >= 4 is 29.1 Å². The summed E-state index contributed by atoms with van der Waals surface area (Å²) >= 11 is 0. The third kappa shape index (κ3) is 6.50. The monoisotopic (exact) mass is 512 g/mol. The number of aromatic amines is 2. The molecular formula is C31H33ClN4O. The molecule has 5 aromatic rings. The summed E-state index contributed by atoms with van der Waals surface area (Å²) in [6, 6.07) is 34.2. The maximum Gasteiger partial charge on any atom is 0.323 e. The van der Waals surface area contributed by atoms with Gasteiger partial charge >= 0.3 is 5.69 Å². The molecule has 1 aromatic heterocycles. The number of hydrogen-bond acceptors (Lipinski definition) is 3. The number of halogens is 1. The van der Waals surface area contributed by atoms with Gasteiger partial charge in [0.25, 0.3) is 0 Å². The standard InChI is InChI=1S/C31H32N4O.ClH/c1-34(2)17-18-35(30-14-7-6-12-27(30)19-23-9-4-3-5-10-23)22-24-11-8-13-25(20-24)26-15-16-28-29(21-26)33-31(36)32-28;/h3-16,20-21H,17-19,22H2,1-2H3,(H2,32,33,36);1H. The number of hydrogen-bond donors (Lipinski definition) is 2. The van der Waals surface area contributed by atoms with E-state index in [1.54, 1.807) is 0 Å². The highest BCUT2D eigenvalue weighted by Crippen LogP contribution is 2.27. The Bertz CT molecular complexity index is 1510. The molecule has 190 valence electrons. The molecule has 0 spiro atoms. The Labute approximate surface area is 224 Å². The fourth-order valence-corrected chi connectivity index (χ4v) is 4.67. The molecule has 1 heterocycles. The molecule has 5 rings (SSSR count). The highest BCUT2D eigenvalue weighted by Gasteiger charge is 2.13. The van der Waals surface area contributed by atoms with Crippen molar-refractivity contribution in [1.29, 1.82) is 0 Å². The topological polar surface area (TPSA) is 55.1 Å². The number of nitrogens with zero attached hydrogens (tertiary/aromatic N) is 2. The molecule has 4 aromatic carbocycles. The lowest BCUT2D eigenvalue weighted by Crippen LogP contribution is -2.32. The predicted octanol–water partition coefficient (Wildman–Crippen LogP) is 6.10. The summed E-state index contributed by atoms with van der Waals surface area (Å²) in [4.78, 5) is 22.1. The van der Waals surface area contributed by atoms with Gasteiger partial charge in [0.15, 0.2) is 0 Å². The molecule has 0 saturated carbocycles. The highest BCUT2D eigenvalue weighted by molar-refractivity contribution is 5.85. The number of imidazole rings is 1. The van der Waals surface area contributed by atoms with E-state index in [1.165, 1.54) is 22.4 Å². The van der Waals surface area contributed by atoms with Crippen molar-refractivity contribution in [3.05, 3.63) is 124 Å². The smallest absolute Gasteiger partial charge is 0.323 e. The van der Waals surface area contributed by atoms with Gasteiger partial charge in [-0.3, -0.25) is 0 Å². The molecule has 0 radical (unpaired) electrons. The Kier molecular flexibility index (Phi) is 8.49. The second kappa shape index (κ2) is 12.0. The van der Waals surface area contributed by atoms with Crippen molar-refractivity contribution in [3.63, 3.8) is 0 Å². The lowest BCUT2D eigenvalue weighted by molar-refractivity contribution is 0.412. The minimum atomic E-state index is -0.179. The molecule has 0 fully saturated rings. The van der Waals surface area contributed by atoms with E-state index in [0.29, 0.717) is 0 Å². The Morgan fingerprint density at radius 1 is 0.676 bits per heavy atom. The molecule has 37 heavy (non-hydrogen) atoms. The van der Waals surface area contributed by atoms with Crippen LogP contribution in [-0.2, 0) is 13.0 Å². The quantitative estimate of drug-likeness (QED) is 0.251. The molecule has 5 nitrogen and oxygen atoms in total. The summed E-state index contributed by atoms with van der Waals surface area (Å²) in [6.07, 6.45) is 0.907. The lowest BCUT2D eigenvalue weighted by atomic mass is 10.0. The molecule has 2 N–H and O–H groups in total. The second-order valence-electron chi connectivity index (χ2n) is 9.56. The Balaban J connectivity index is 0.00000320. The van der Waals surface area contributed by atoms with E-state index in [0.717, 1.165) is 48.2 Å². The van der Waals surface area contributed by atoms with E-state index in [9.17, 15) is 4.79 Å². The SMILES string of the molecule is CN(C)CCN(Cc1cccc(-c2ccc3[nH]c(=O)[nH]c3c2)c1)c1ccccc1Cc1ccccc1.Cl. The normalized spacial score (nSPS) is 11.0.